The van der Waals surface area contributed by atoms with E-state index in [2.05, 4.69) is 0 Å². The van der Waals surface area contributed by atoms with E-state index >= 15 is 4.39 Å². The van der Waals surface area contributed by atoms with Crippen molar-refractivity contribution in [2.24, 2.45) is 5.92 Å². The fourth-order valence-electron chi connectivity index (χ4n) is 4.19. The summed E-state index contributed by atoms with van der Waals surface area (Å²) in [7, 11) is 0. The lowest BCUT2D eigenvalue weighted by atomic mass is 9.95. The summed E-state index contributed by atoms with van der Waals surface area (Å²) >= 11 is 0. The number of hydrogen-bond donors (Lipinski definition) is 2. The van der Waals surface area contributed by atoms with Gasteiger partial charge in [-0.1, -0.05) is 6.92 Å². The van der Waals surface area contributed by atoms with Crippen LogP contribution in [0.3, 0.4) is 0 Å². The molecule has 0 amide bonds. The number of halogens is 1. The predicted octanol–water partition coefficient (Wildman–Crippen LogP) is 2.69. The summed E-state index contributed by atoms with van der Waals surface area (Å²) in [4.78, 5) is 26.0. The van der Waals surface area contributed by atoms with Gasteiger partial charge in [-0.15, -0.1) is 0 Å². The van der Waals surface area contributed by atoms with Gasteiger partial charge in [0.25, 0.3) is 0 Å². The molecule has 2 fully saturated rings. The molecular weight excluding hydrogens is 351 g/mol. The minimum atomic E-state index is -1.29. The highest BCUT2D eigenvalue weighted by molar-refractivity contribution is 5.95. The molecule has 0 unspecified atom stereocenters. The molecule has 2 heterocycles. The van der Waals surface area contributed by atoms with Crippen LogP contribution in [-0.2, 0) is 0 Å². The molecule has 0 spiro atoms. The van der Waals surface area contributed by atoms with Crippen LogP contribution < -0.4 is 10.3 Å². The van der Waals surface area contributed by atoms with Crippen molar-refractivity contribution in [1.82, 2.24) is 4.57 Å². The van der Waals surface area contributed by atoms with Crippen molar-refractivity contribution < 1.29 is 19.4 Å². The first kappa shape index (κ1) is 18.0. The summed E-state index contributed by atoms with van der Waals surface area (Å²) in [6, 6.07) is 1.33. The number of aromatic carboxylic acids is 1. The maximum absolute atomic E-state index is 15.1. The van der Waals surface area contributed by atoms with Gasteiger partial charge in [0.2, 0.25) is 5.43 Å². The van der Waals surface area contributed by atoms with Crippen LogP contribution in [0.25, 0.3) is 10.9 Å². The average Bonchev–Trinajstić information content (AvgIpc) is 3.43. The molecule has 0 bridgehead atoms. The molecule has 1 saturated carbocycles. The Morgan fingerprint density at radius 2 is 2.00 bits per heavy atom. The minimum Gasteiger partial charge on any atom is -0.477 e. The van der Waals surface area contributed by atoms with Gasteiger partial charge >= 0.3 is 5.97 Å². The van der Waals surface area contributed by atoms with Crippen molar-refractivity contribution in [3.63, 3.8) is 0 Å². The van der Waals surface area contributed by atoms with Crippen molar-refractivity contribution >= 4 is 22.6 Å². The van der Waals surface area contributed by atoms with Crippen molar-refractivity contribution in [2.75, 3.05) is 18.0 Å². The first-order chi connectivity index (χ1) is 12.8. The van der Waals surface area contributed by atoms with Gasteiger partial charge in [0, 0.05) is 30.7 Å². The molecule has 1 aromatic heterocycles. The third-order valence-corrected chi connectivity index (χ3v) is 5.83. The molecule has 1 aliphatic carbocycles. The number of rotatable bonds is 3. The van der Waals surface area contributed by atoms with Crippen LogP contribution in [0, 0.1) is 18.7 Å². The second-order valence-corrected chi connectivity index (χ2v) is 7.82. The number of aryl methyl sites for hydroxylation is 1. The lowest BCUT2D eigenvalue weighted by molar-refractivity contribution is 0.0694. The van der Waals surface area contributed by atoms with E-state index in [0.717, 1.165) is 12.8 Å². The summed E-state index contributed by atoms with van der Waals surface area (Å²) < 4.78 is 16.9. The Balaban J connectivity index is 1.96. The third-order valence-electron chi connectivity index (χ3n) is 5.83. The molecule has 2 aliphatic rings. The fraction of sp³-hybridized carbons (Fsp3) is 0.500. The number of hydrogen-bond acceptors (Lipinski definition) is 4. The summed E-state index contributed by atoms with van der Waals surface area (Å²) in [6.45, 7) is 4.79. The largest absolute Gasteiger partial charge is 0.477 e. The van der Waals surface area contributed by atoms with Crippen molar-refractivity contribution in [1.29, 1.82) is 0 Å². The van der Waals surface area contributed by atoms with E-state index in [4.69, 9.17) is 0 Å². The quantitative estimate of drug-likeness (QED) is 0.863. The highest BCUT2D eigenvalue weighted by atomic mass is 19.1. The van der Waals surface area contributed by atoms with E-state index < -0.39 is 23.3 Å². The van der Waals surface area contributed by atoms with Crippen LogP contribution in [0.15, 0.2) is 17.1 Å². The molecule has 1 aliphatic heterocycles. The summed E-state index contributed by atoms with van der Waals surface area (Å²) in [6.07, 6.45) is 3.40. The van der Waals surface area contributed by atoms with Gasteiger partial charge < -0.3 is 19.7 Å². The van der Waals surface area contributed by atoms with E-state index in [1.807, 2.05) is 16.4 Å². The van der Waals surface area contributed by atoms with E-state index in [0.29, 0.717) is 36.3 Å². The molecule has 27 heavy (non-hydrogen) atoms. The number of aliphatic hydroxyl groups is 1. The van der Waals surface area contributed by atoms with Gasteiger partial charge in [0.05, 0.1) is 17.3 Å². The molecule has 1 aromatic carbocycles. The lowest BCUT2D eigenvalue weighted by Crippen LogP contribution is -2.42. The Kier molecular flexibility index (Phi) is 4.22. The zero-order valence-electron chi connectivity index (χ0n) is 15.4. The maximum atomic E-state index is 15.1. The summed E-state index contributed by atoms with van der Waals surface area (Å²) in [5.41, 5.74) is 0.733. The Bertz CT molecular complexity index is 996. The van der Waals surface area contributed by atoms with Crippen molar-refractivity contribution in [3.8, 4) is 0 Å². The van der Waals surface area contributed by atoms with E-state index in [-0.39, 0.29) is 22.9 Å². The Morgan fingerprint density at radius 1 is 1.30 bits per heavy atom. The van der Waals surface area contributed by atoms with Crippen LogP contribution in [0.2, 0.25) is 0 Å². The maximum Gasteiger partial charge on any atom is 0.341 e. The first-order valence-corrected chi connectivity index (χ1v) is 9.33. The van der Waals surface area contributed by atoms with Crippen molar-refractivity contribution in [3.05, 3.63) is 39.4 Å². The molecule has 2 N–H and O–H groups in total. The number of aromatic nitrogens is 1. The minimum absolute atomic E-state index is 0.0215. The number of carboxylic acid groups (broad SMARTS) is 1. The zero-order chi connectivity index (χ0) is 19.5. The normalized spacial score (nSPS) is 23.0. The average molecular weight is 374 g/mol. The summed E-state index contributed by atoms with van der Waals surface area (Å²) in [5, 5.41) is 19.5. The number of piperidine rings is 1. The number of carbonyl (C=O) groups is 1. The number of aliphatic hydroxyl groups excluding tert-OH is 1. The topological polar surface area (TPSA) is 82.8 Å². The summed E-state index contributed by atoms with van der Waals surface area (Å²) in [5.74, 6) is -1.80. The highest BCUT2D eigenvalue weighted by Gasteiger charge is 2.31. The molecule has 4 rings (SSSR count). The Morgan fingerprint density at radius 3 is 2.59 bits per heavy atom. The number of fused-ring (bicyclic) bond motifs is 1. The SMILES string of the molecule is Cc1c(N2CC[C@@H](O)[C@H](C)C2)c(F)cc2c(=O)c(C(=O)O)cn(C3CC3)c12. The second-order valence-electron chi connectivity index (χ2n) is 7.82. The predicted molar refractivity (Wildman–Crippen MR) is 100 cm³/mol. The number of nitrogens with zero attached hydrogens (tertiary/aromatic N) is 2. The highest BCUT2D eigenvalue weighted by Crippen LogP contribution is 2.40. The number of benzene rings is 1. The first-order valence-electron chi connectivity index (χ1n) is 9.33. The van der Waals surface area contributed by atoms with E-state index in [9.17, 15) is 19.8 Å². The standard InChI is InChI=1S/C20H23FN2O4/c1-10-8-22(6-5-16(10)24)18-11(2)17-13(7-15(18)21)19(25)14(20(26)27)9-23(17)12-3-4-12/h7,9-10,12,16,24H,3-6,8H2,1-2H3,(H,26,27)/t10-,16-/m1/s1. The number of anilines is 1. The molecule has 2 aromatic rings. The van der Waals surface area contributed by atoms with Gasteiger partial charge in [-0.05, 0) is 43.7 Å². The van der Waals surface area contributed by atoms with Gasteiger partial charge in [0.15, 0.2) is 0 Å². The van der Waals surface area contributed by atoms with Crippen LogP contribution in [-0.4, -0.2) is 39.9 Å². The van der Waals surface area contributed by atoms with Gasteiger partial charge in [0.1, 0.15) is 11.4 Å². The van der Waals surface area contributed by atoms with Gasteiger partial charge in [-0.25, -0.2) is 9.18 Å². The second kappa shape index (κ2) is 6.34. The molecular formula is C20H23FN2O4. The molecule has 6 nitrogen and oxygen atoms in total. The molecule has 0 radical (unpaired) electrons. The lowest BCUT2D eigenvalue weighted by Gasteiger charge is -2.37. The number of pyridine rings is 1. The third kappa shape index (κ3) is 2.90. The van der Waals surface area contributed by atoms with Crippen LogP contribution in [0.4, 0.5) is 10.1 Å². The Hall–Kier alpha value is -2.41. The van der Waals surface area contributed by atoms with Gasteiger partial charge in [-0.3, -0.25) is 4.79 Å². The van der Waals surface area contributed by atoms with Gasteiger partial charge in [-0.2, -0.15) is 0 Å². The van der Waals surface area contributed by atoms with Crippen LogP contribution in [0.5, 0.6) is 0 Å². The molecule has 144 valence electrons. The monoisotopic (exact) mass is 374 g/mol. The number of carboxylic acids is 1. The molecule has 1 saturated heterocycles. The Labute approximate surface area is 155 Å². The van der Waals surface area contributed by atoms with Crippen LogP contribution >= 0.6 is 0 Å². The van der Waals surface area contributed by atoms with Crippen LogP contribution in [0.1, 0.15) is 48.1 Å². The fourth-order valence-corrected chi connectivity index (χ4v) is 4.19. The van der Waals surface area contributed by atoms with E-state index in [1.165, 1.54) is 12.3 Å². The molecule has 2 atom stereocenters. The molecule has 7 heteroatoms. The smallest absolute Gasteiger partial charge is 0.341 e. The van der Waals surface area contributed by atoms with Crippen molar-refractivity contribution in [2.45, 2.75) is 45.3 Å². The van der Waals surface area contributed by atoms with E-state index in [1.54, 1.807) is 6.92 Å². The zero-order valence-corrected chi connectivity index (χ0v) is 15.4.